The maximum absolute atomic E-state index is 12.9. The van der Waals surface area contributed by atoms with Gasteiger partial charge in [0.1, 0.15) is 21.7 Å². The van der Waals surface area contributed by atoms with Crippen molar-refractivity contribution in [3.8, 4) is 17.3 Å². The number of nitriles is 1. The van der Waals surface area contributed by atoms with E-state index >= 15 is 0 Å². The van der Waals surface area contributed by atoms with E-state index in [0.717, 1.165) is 41.1 Å². The van der Waals surface area contributed by atoms with Crippen molar-refractivity contribution in [1.82, 2.24) is 4.98 Å². The number of thiazole rings is 1. The number of ether oxygens (including phenoxy) is 1. The second-order valence-electron chi connectivity index (χ2n) is 10.4. The smallest absolute Gasteiger partial charge is 0.341 e. The van der Waals surface area contributed by atoms with Gasteiger partial charge in [-0.05, 0) is 74.1 Å². The molecule has 36 heavy (non-hydrogen) atoms. The predicted octanol–water partition coefficient (Wildman–Crippen LogP) is 7.79. The molecule has 1 aliphatic carbocycles. The number of allylic oxidation sites excluding steroid dienone is 1. The van der Waals surface area contributed by atoms with E-state index in [1.54, 1.807) is 17.5 Å². The Labute approximate surface area is 221 Å². The maximum Gasteiger partial charge on any atom is 0.341 e. The number of anilines is 1. The quantitative estimate of drug-likeness (QED) is 0.266. The Balaban J connectivity index is 1.64. The van der Waals surface area contributed by atoms with E-state index in [-0.39, 0.29) is 11.4 Å². The minimum Gasteiger partial charge on any atom is -0.462 e. The molecule has 0 radical (unpaired) electrons. The lowest BCUT2D eigenvalue weighted by Gasteiger charge is -2.33. The number of carbonyl (C=O) groups excluding carboxylic acids is 1. The number of aromatic nitrogens is 1. The van der Waals surface area contributed by atoms with Gasteiger partial charge in [-0.2, -0.15) is 5.26 Å². The Hall–Kier alpha value is -2.95. The van der Waals surface area contributed by atoms with Gasteiger partial charge in [0.25, 0.3) is 0 Å². The van der Waals surface area contributed by atoms with Crippen LogP contribution in [0.1, 0.15) is 71.0 Å². The zero-order valence-electron chi connectivity index (χ0n) is 21.8. The molecule has 4 rings (SSSR count). The molecule has 2 heterocycles. The van der Waals surface area contributed by atoms with Crippen LogP contribution in [0.4, 0.5) is 5.00 Å². The maximum atomic E-state index is 12.9. The minimum absolute atomic E-state index is 0.214. The number of nitrogens with zero attached hydrogens (tertiary/aromatic N) is 2. The van der Waals surface area contributed by atoms with Gasteiger partial charge in [0.2, 0.25) is 0 Å². The van der Waals surface area contributed by atoms with Gasteiger partial charge in [-0.15, -0.1) is 22.7 Å². The van der Waals surface area contributed by atoms with Gasteiger partial charge in [-0.3, -0.25) is 0 Å². The molecule has 0 amide bonds. The van der Waals surface area contributed by atoms with Crippen molar-refractivity contribution in [1.29, 1.82) is 5.26 Å². The van der Waals surface area contributed by atoms with Crippen LogP contribution in [0.5, 0.6) is 0 Å². The molecule has 0 aliphatic heterocycles. The number of rotatable bonds is 6. The summed E-state index contributed by atoms with van der Waals surface area (Å²) in [5.41, 5.74) is 6.70. The molecule has 0 fully saturated rings. The topological polar surface area (TPSA) is 75.0 Å². The zero-order valence-corrected chi connectivity index (χ0v) is 23.5. The molecule has 7 heteroatoms. The summed E-state index contributed by atoms with van der Waals surface area (Å²) >= 11 is 3.05. The molecule has 3 aromatic rings. The van der Waals surface area contributed by atoms with Gasteiger partial charge >= 0.3 is 5.97 Å². The number of aryl methyl sites for hydroxylation is 2. The van der Waals surface area contributed by atoms with E-state index in [4.69, 9.17) is 9.72 Å². The molecule has 0 saturated carbocycles. The van der Waals surface area contributed by atoms with Crippen molar-refractivity contribution in [2.45, 2.75) is 60.8 Å². The van der Waals surface area contributed by atoms with Crippen molar-refractivity contribution < 1.29 is 9.53 Å². The number of fused-ring (bicyclic) bond motifs is 1. The average Bonchev–Trinajstić information content (AvgIpc) is 3.45. The summed E-state index contributed by atoms with van der Waals surface area (Å²) in [6.07, 6.45) is 4.55. The van der Waals surface area contributed by atoms with Crippen LogP contribution < -0.4 is 5.32 Å². The molecule has 1 unspecified atom stereocenters. The van der Waals surface area contributed by atoms with E-state index in [9.17, 15) is 10.1 Å². The molecule has 188 valence electrons. The van der Waals surface area contributed by atoms with E-state index in [1.807, 2.05) is 12.3 Å². The zero-order chi connectivity index (χ0) is 26.0. The first-order valence-corrected chi connectivity index (χ1v) is 14.0. The van der Waals surface area contributed by atoms with Crippen LogP contribution in [-0.2, 0) is 17.6 Å². The molecule has 1 atom stereocenters. The van der Waals surface area contributed by atoms with Crippen molar-refractivity contribution in [2.24, 2.45) is 11.3 Å². The Morgan fingerprint density at radius 3 is 2.75 bits per heavy atom. The van der Waals surface area contributed by atoms with E-state index < -0.39 is 0 Å². The number of hydrogen-bond acceptors (Lipinski definition) is 7. The molecule has 0 bridgehead atoms. The van der Waals surface area contributed by atoms with Gasteiger partial charge in [-0.25, -0.2) is 9.78 Å². The van der Waals surface area contributed by atoms with Crippen LogP contribution >= 0.6 is 22.7 Å². The normalized spacial score (nSPS) is 15.8. The highest BCUT2D eigenvalue weighted by molar-refractivity contribution is 7.16. The van der Waals surface area contributed by atoms with Crippen LogP contribution in [0.3, 0.4) is 0 Å². The third kappa shape index (κ3) is 5.40. The van der Waals surface area contributed by atoms with E-state index in [2.05, 4.69) is 64.2 Å². The molecule has 0 spiro atoms. The number of carbonyl (C=O) groups is 1. The van der Waals surface area contributed by atoms with Crippen LogP contribution in [-0.4, -0.2) is 17.6 Å². The van der Waals surface area contributed by atoms with Gasteiger partial charge in [0.15, 0.2) is 0 Å². The first kappa shape index (κ1) is 26.1. The lowest BCUT2D eigenvalue weighted by molar-refractivity contribution is 0.0526. The van der Waals surface area contributed by atoms with Crippen LogP contribution in [0.25, 0.3) is 16.8 Å². The predicted molar refractivity (Wildman–Crippen MR) is 149 cm³/mol. The molecular formula is C29H33N3O2S2. The lowest BCUT2D eigenvalue weighted by Crippen LogP contribution is -2.26. The first-order chi connectivity index (χ1) is 17.1. The summed E-state index contributed by atoms with van der Waals surface area (Å²) in [5, 5.41) is 16.5. The lowest BCUT2D eigenvalue weighted by atomic mass is 9.72. The molecular weight excluding hydrogens is 486 g/mol. The van der Waals surface area contributed by atoms with Crippen LogP contribution in [0.15, 0.2) is 29.8 Å². The van der Waals surface area contributed by atoms with Crippen molar-refractivity contribution in [2.75, 3.05) is 11.9 Å². The summed E-state index contributed by atoms with van der Waals surface area (Å²) < 4.78 is 5.41. The Morgan fingerprint density at radius 2 is 2.08 bits per heavy atom. The average molecular weight is 520 g/mol. The second-order valence-corrected chi connectivity index (χ2v) is 12.3. The van der Waals surface area contributed by atoms with Crippen LogP contribution in [0, 0.1) is 36.5 Å². The Kier molecular flexibility index (Phi) is 7.67. The molecule has 1 aliphatic rings. The first-order valence-electron chi connectivity index (χ1n) is 12.3. The number of thiophene rings is 1. The van der Waals surface area contributed by atoms with Crippen molar-refractivity contribution >= 4 is 39.2 Å². The fourth-order valence-corrected chi connectivity index (χ4v) is 6.64. The fourth-order valence-electron chi connectivity index (χ4n) is 4.56. The number of nitrogens with one attached hydrogen (secondary N) is 1. The number of hydrogen-bond donors (Lipinski definition) is 1. The molecule has 2 aromatic heterocycles. The van der Waals surface area contributed by atoms with Crippen LogP contribution in [0.2, 0.25) is 0 Å². The number of benzene rings is 1. The molecule has 1 aromatic carbocycles. The van der Waals surface area contributed by atoms with Gasteiger partial charge in [0.05, 0.1) is 17.9 Å². The highest BCUT2D eigenvalue weighted by atomic mass is 32.1. The van der Waals surface area contributed by atoms with E-state index in [1.165, 1.54) is 27.3 Å². The third-order valence-electron chi connectivity index (χ3n) is 6.97. The van der Waals surface area contributed by atoms with Gasteiger partial charge < -0.3 is 10.1 Å². The summed E-state index contributed by atoms with van der Waals surface area (Å²) in [6, 6.07) is 8.54. The summed E-state index contributed by atoms with van der Waals surface area (Å²) in [7, 11) is 0. The van der Waals surface area contributed by atoms with E-state index in [0.29, 0.717) is 28.7 Å². The standard InChI is InChI=1S/C29H33N3O2S2/c1-7-34-28(33)25-22-11-10-21(29(4,5)6)13-24(22)36-27(25)31-15-20(14-30)26-32-23(16-35-26)19-9-8-17(2)18(3)12-19/h8-9,12,15-16,21,31H,7,10-11,13H2,1-6H3. The third-order valence-corrected chi connectivity index (χ3v) is 9.04. The van der Waals surface area contributed by atoms with Crippen molar-refractivity contribution in [3.05, 3.63) is 61.9 Å². The van der Waals surface area contributed by atoms with Crippen molar-refractivity contribution in [3.63, 3.8) is 0 Å². The fraction of sp³-hybridized carbons (Fsp3) is 0.414. The summed E-state index contributed by atoms with van der Waals surface area (Å²) in [4.78, 5) is 18.9. The van der Waals surface area contributed by atoms with Gasteiger partial charge in [0, 0.05) is 22.0 Å². The van der Waals surface area contributed by atoms with Gasteiger partial charge in [-0.1, -0.05) is 32.9 Å². The SMILES string of the molecule is CCOC(=O)c1c(NC=C(C#N)c2nc(-c3ccc(C)c(C)c3)cs2)sc2c1CCC(C(C)(C)C)C2. The number of esters is 1. The monoisotopic (exact) mass is 519 g/mol. The highest BCUT2D eigenvalue weighted by Gasteiger charge is 2.34. The Morgan fingerprint density at radius 1 is 1.31 bits per heavy atom. The minimum atomic E-state index is -0.301. The summed E-state index contributed by atoms with van der Waals surface area (Å²) in [6.45, 7) is 13.2. The second kappa shape index (κ2) is 10.6. The molecule has 0 saturated heterocycles. The molecule has 1 N–H and O–H groups in total. The Bertz CT molecular complexity index is 1350. The highest BCUT2D eigenvalue weighted by Crippen LogP contribution is 2.44. The molecule has 5 nitrogen and oxygen atoms in total. The summed E-state index contributed by atoms with van der Waals surface area (Å²) in [5.74, 6) is 0.265. The largest absolute Gasteiger partial charge is 0.462 e.